The highest BCUT2D eigenvalue weighted by molar-refractivity contribution is 6.33. The molecule has 0 amide bonds. The number of benzene rings is 1. The van der Waals surface area contributed by atoms with Gasteiger partial charge in [-0.3, -0.25) is 0 Å². The first-order valence-corrected chi connectivity index (χ1v) is 8.19. The van der Waals surface area contributed by atoms with Crippen LogP contribution in [0.25, 0.3) is 0 Å². The van der Waals surface area contributed by atoms with Crippen LogP contribution in [0, 0.1) is 5.92 Å². The van der Waals surface area contributed by atoms with Crippen LogP contribution in [0.2, 0.25) is 5.02 Å². The zero-order chi connectivity index (χ0) is 14.5. The van der Waals surface area contributed by atoms with Gasteiger partial charge in [0.1, 0.15) is 0 Å². The monoisotopic (exact) mass is 294 g/mol. The molecule has 0 aromatic heterocycles. The molecule has 112 valence electrons. The van der Waals surface area contributed by atoms with Crippen LogP contribution in [-0.4, -0.2) is 19.6 Å². The fourth-order valence-electron chi connectivity index (χ4n) is 3.15. The maximum absolute atomic E-state index is 6.55. The quantitative estimate of drug-likeness (QED) is 0.833. The molecule has 1 aliphatic carbocycles. The number of halogens is 1. The third kappa shape index (κ3) is 3.89. The average molecular weight is 295 g/mol. The molecule has 0 heterocycles. The Morgan fingerprint density at radius 3 is 2.55 bits per heavy atom. The van der Waals surface area contributed by atoms with Crippen LogP contribution in [0.5, 0.6) is 0 Å². The van der Waals surface area contributed by atoms with Crippen molar-refractivity contribution < 1.29 is 0 Å². The van der Waals surface area contributed by atoms with Gasteiger partial charge in [-0.1, -0.05) is 44.4 Å². The lowest BCUT2D eigenvalue weighted by molar-refractivity contribution is 0.536. The maximum Gasteiger partial charge on any atom is 0.0642 e. The van der Waals surface area contributed by atoms with Gasteiger partial charge in [0.15, 0.2) is 0 Å². The van der Waals surface area contributed by atoms with Crippen molar-refractivity contribution in [1.82, 2.24) is 5.32 Å². The summed E-state index contributed by atoms with van der Waals surface area (Å²) in [6.07, 6.45) is 5.33. The summed E-state index contributed by atoms with van der Waals surface area (Å²) in [5, 5.41) is 4.07. The summed E-state index contributed by atoms with van der Waals surface area (Å²) in [5.41, 5.74) is 2.46. The second-order valence-electron chi connectivity index (χ2n) is 6.30. The van der Waals surface area contributed by atoms with Gasteiger partial charge in [-0.15, -0.1) is 0 Å². The highest BCUT2D eigenvalue weighted by Gasteiger charge is 2.24. The third-order valence-corrected chi connectivity index (χ3v) is 4.33. The topological polar surface area (TPSA) is 15.3 Å². The number of nitrogens with one attached hydrogen (secondary N) is 1. The first-order valence-electron chi connectivity index (χ1n) is 7.81. The minimum atomic E-state index is 0.656. The zero-order valence-corrected chi connectivity index (χ0v) is 13.7. The lowest BCUT2D eigenvalue weighted by Crippen LogP contribution is -2.36. The van der Waals surface area contributed by atoms with Crippen LogP contribution in [-0.2, 0) is 6.54 Å². The molecule has 2 rings (SSSR count). The molecule has 1 aromatic carbocycles. The van der Waals surface area contributed by atoms with E-state index in [4.69, 9.17) is 11.6 Å². The minimum absolute atomic E-state index is 0.656. The number of hydrogen-bond donors (Lipinski definition) is 1. The molecule has 0 bridgehead atoms. The van der Waals surface area contributed by atoms with Crippen LogP contribution >= 0.6 is 11.6 Å². The van der Waals surface area contributed by atoms with Gasteiger partial charge in [0, 0.05) is 19.1 Å². The Bertz CT molecular complexity index is 425. The van der Waals surface area contributed by atoms with E-state index in [0.717, 1.165) is 18.1 Å². The van der Waals surface area contributed by atoms with Crippen molar-refractivity contribution in [1.29, 1.82) is 0 Å². The molecule has 3 heteroatoms. The van der Waals surface area contributed by atoms with E-state index in [1.807, 2.05) is 7.05 Å². The van der Waals surface area contributed by atoms with Crippen molar-refractivity contribution in [3.8, 4) is 0 Å². The molecule has 0 unspecified atom stereocenters. The summed E-state index contributed by atoms with van der Waals surface area (Å²) >= 11 is 6.55. The Hall–Kier alpha value is -0.730. The molecule has 0 radical (unpaired) electrons. The highest BCUT2D eigenvalue weighted by Crippen LogP contribution is 2.34. The van der Waals surface area contributed by atoms with Crippen molar-refractivity contribution in [3.05, 3.63) is 28.8 Å². The van der Waals surface area contributed by atoms with Crippen molar-refractivity contribution in [2.24, 2.45) is 5.92 Å². The molecule has 0 atom stereocenters. The number of nitrogens with zero attached hydrogens (tertiary/aromatic N) is 1. The molecule has 20 heavy (non-hydrogen) atoms. The lowest BCUT2D eigenvalue weighted by Gasteiger charge is -2.33. The van der Waals surface area contributed by atoms with Gasteiger partial charge in [0.2, 0.25) is 0 Å². The molecule has 1 N–H and O–H groups in total. The fourth-order valence-corrected chi connectivity index (χ4v) is 3.46. The molecule has 1 aromatic rings. The van der Waals surface area contributed by atoms with Crippen LogP contribution in [0.3, 0.4) is 0 Å². The van der Waals surface area contributed by atoms with Crippen molar-refractivity contribution >= 4 is 17.3 Å². The summed E-state index contributed by atoms with van der Waals surface area (Å²) in [4.78, 5) is 2.54. The van der Waals surface area contributed by atoms with Gasteiger partial charge in [-0.05, 0) is 43.5 Å². The van der Waals surface area contributed by atoms with E-state index in [1.54, 1.807) is 0 Å². The summed E-state index contributed by atoms with van der Waals surface area (Å²) in [6.45, 7) is 6.53. The van der Waals surface area contributed by atoms with Gasteiger partial charge < -0.3 is 10.2 Å². The van der Waals surface area contributed by atoms with Gasteiger partial charge in [0.25, 0.3) is 0 Å². The lowest BCUT2D eigenvalue weighted by atomic mass is 10.1. The Morgan fingerprint density at radius 2 is 2.00 bits per heavy atom. The average Bonchev–Trinajstić information content (AvgIpc) is 2.90. The maximum atomic E-state index is 6.55. The molecular formula is C17H27ClN2. The predicted octanol–water partition coefficient (Wildman–Crippen LogP) is 4.46. The number of rotatable bonds is 6. The molecule has 1 saturated carbocycles. The third-order valence-electron chi connectivity index (χ3n) is 4.03. The van der Waals surface area contributed by atoms with Gasteiger partial charge >= 0.3 is 0 Å². The smallest absolute Gasteiger partial charge is 0.0642 e. The van der Waals surface area contributed by atoms with Crippen LogP contribution < -0.4 is 10.2 Å². The Labute approximate surface area is 128 Å². The van der Waals surface area contributed by atoms with Gasteiger partial charge in [-0.25, -0.2) is 0 Å². The molecule has 0 saturated heterocycles. The second-order valence-corrected chi connectivity index (χ2v) is 6.71. The molecule has 1 fully saturated rings. The van der Waals surface area contributed by atoms with E-state index in [2.05, 4.69) is 42.3 Å². The largest absolute Gasteiger partial charge is 0.367 e. The van der Waals surface area contributed by atoms with Crippen LogP contribution in [0.4, 0.5) is 5.69 Å². The summed E-state index contributed by atoms with van der Waals surface area (Å²) in [6, 6.07) is 7.18. The zero-order valence-electron chi connectivity index (χ0n) is 13.0. The summed E-state index contributed by atoms with van der Waals surface area (Å²) in [7, 11) is 1.96. The molecule has 0 spiro atoms. The highest BCUT2D eigenvalue weighted by atomic mass is 35.5. The summed E-state index contributed by atoms with van der Waals surface area (Å²) < 4.78 is 0. The fraction of sp³-hybridized carbons (Fsp3) is 0.647. The van der Waals surface area contributed by atoms with Gasteiger partial charge in [0.05, 0.1) is 10.7 Å². The Balaban J connectivity index is 2.23. The Kier molecular flexibility index (Phi) is 5.74. The van der Waals surface area contributed by atoms with E-state index in [-0.39, 0.29) is 0 Å². The van der Waals surface area contributed by atoms with Crippen molar-refractivity contribution in [2.45, 2.75) is 52.1 Å². The van der Waals surface area contributed by atoms with Crippen molar-refractivity contribution in [3.63, 3.8) is 0 Å². The normalized spacial score (nSPS) is 16.1. The van der Waals surface area contributed by atoms with E-state index in [9.17, 15) is 0 Å². The van der Waals surface area contributed by atoms with Gasteiger partial charge in [-0.2, -0.15) is 0 Å². The van der Waals surface area contributed by atoms with E-state index in [1.165, 1.54) is 36.9 Å². The summed E-state index contributed by atoms with van der Waals surface area (Å²) in [5.74, 6) is 0.656. The molecule has 2 nitrogen and oxygen atoms in total. The first kappa shape index (κ1) is 15.7. The van der Waals surface area contributed by atoms with Crippen LogP contribution in [0.15, 0.2) is 18.2 Å². The van der Waals surface area contributed by atoms with E-state index in [0.29, 0.717) is 12.0 Å². The van der Waals surface area contributed by atoms with Crippen molar-refractivity contribution in [2.75, 3.05) is 18.5 Å². The standard InChI is InChI=1S/C17H27ClN2/c1-13(2)12-20(15-6-4-5-7-15)17-9-8-14(11-19-3)10-16(17)18/h8-10,13,15,19H,4-7,11-12H2,1-3H3. The Morgan fingerprint density at radius 1 is 1.30 bits per heavy atom. The second kappa shape index (κ2) is 7.33. The molecule has 1 aliphatic rings. The van der Waals surface area contributed by atoms with E-state index < -0.39 is 0 Å². The molecular weight excluding hydrogens is 268 g/mol. The first-order chi connectivity index (χ1) is 9.61. The predicted molar refractivity (Wildman–Crippen MR) is 88.7 cm³/mol. The minimum Gasteiger partial charge on any atom is -0.367 e. The van der Waals surface area contributed by atoms with Crippen LogP contribution in [0.1, 0.15) is 45.1 Å². The SMILES string of the molecule is CNCc1ccc(N(CC(C)C)C2CCCC2)c(Cl)c1. The number of anilines is 1. The molecule has 0 aliphatic heterocycles. The van der Waals surface area contributed by atoms with E-state index >= 15 is 0 Å². The number of hydrogen-bond acceptors (Lipinski definition) is 2.